The van der Waals surface area contributed by atoms with Crippen molar-refractivity contribution in [3.05, 3.63) is 28.2 Å². The molecule has 0 radical (unpaired) electrons. The Morgan fingerprint density at radius 2 is 2.28 bits per heavy atom. The van der Waals surface area contributed by atoms with Crippen molar-refractivity contribution in [1.82, 2.24) is 5.32 Å². The minimum atomic E-state index is -0.683. The minimum absolute atomic E-state index is 0.0422. The Morgan fingerprint density at radius 3 is 2.97 bits per heavy atom. The van der Waals surface area contributed by atoms with Gasteiger partial charge in [-0.1, -0.05) is 0 Å². The number of ether oxygens (including phenoxy) is 3. The quantitative estimate of drug-likeness (QED) is 0.724. The lowest BCUT2D eigenvalue weighted by Gasteiger charge is -2.45. The zero-order chi connectivity index (χ0) is 20.6. The van der Waals surface area contributed by atoms with Crippen molar-refractivity contribution in [2.75, 3.05) is 18.6 Å². The highest BCUT2D eigenvalue weighted by molar-refractivity contribution is 9.10. The summed E-state index contributed by atoms with van der Waals surface area (Å²) in [6, 6.07) is 7.10. The van der Waals surface area contributed by atoms with Crippen LogP contribution in [0.5, 0.6) is 0 Å². The Bertz CT molecular complexity index is 964. The maximum atomic E-state index is 13.5. The molecule has 9 heteroatoms. The van der Waals surface area contributed by atoms with Gasteiger partial charge in [-0.25, -0.2) is 4.79 Å². The van der Waals surface area contributed by atoms with Crippen LogP contribution in [-0.2, 0) is 19.0 Å². The van der Waals surface area contributed by atoms with E-state index in [2.05, 4.69) is 27.3 Å². The number of methoxy groups -OCH3 is 1. The molecule has 1 aromatic carbocycles. The standard InChI is InChI=1S/C20H20BrN3O5/c1-19-8-13(23-18(26)27-2)20(29-19)5-6-28-17-15(20)14(19)16(25)24(17)11-4-3-10(9-22)12(21)7-11/h3-4,7,13-15,17H,5-6,8H2,1-2H3,(H,23,26)/t13-,14-,15+,17+,19-,20+/m1/s1. The number of amides is 2. The van der Waals surface area contributed by atoms with E-state index < -0.39 is 23.5 Å². The summed E-state index contributed by atoms with van der Waals surface area (Å²) in [7, 11) is 1.34. The molecule has 1 N–H and O–H groups in total. The van der Waals surface area contributed by atoms with Gasteiger partial charge < -0.3 is 19.5 Å². The third-order valence-electron chi connectivity index (χ3n) is 6.88. The molecule has 4 saturated heterocycles. The normalized spacial score (nSPS) is 39.2. The van der Waals surface area contributed by atoms with Crippen LogP contribution < -0.4 is 10.2 Å². The summed E-state index contributed by atoms with van der Waals surface area (Å²) in [5.74, 6) is -0.587. The van der Waals surface area contributed by atoms with Crippen LogP contribution in [0, 0.1) is 23.2 Å². The van der Waals surface area contributed by atoms with Crippen molar-refractivity contribution < 1.29 is 23.8 Å². The molecular formula is C20H20BrN3O5. The van der Waals surface area contributed by atoms with Crippen molar-refractivity contribution in [3.8, 4) is 6.07 Å². The van der Waals surface area contributed by atoms with E-state index in [0.29, 0.717) is 35.2 Å². The van der Waals surface area contributed by atoms with E-state index in [9.17, 15) is 14.9 Å². The number of nitrogens with one attached hydrogen (secondary N) is 1. The van der Waals surface area contributed by atoms with Crippen molar-refractivity contribution in [2.24, 2.45) is 11.8 Å². The van der Waals surface area contributed by atoms with Crippen molar-refractivity contribution in [3.63, 3.8) is 0 Å². The van der Waals surface area contributed by atoms with Crippen LogP contribution in [0.2, 0.25) is 0 Å². The number of rotatable bonds is 2. The molecule has 8 nitrogen and oxygen atoms in total. The molecule has 4 aliphatic heterocycles. The molecule has 4 heterocycles. The Balaban J connectivity index is 1.56. The molecule has 6 atom stereocenters. The molecular weight excluding hydrogens is 442 g/mol. The van der Waals surface area contributed by atoms with E-state index >= 15 is 0 Å². The predicted molar refractivity (Wildman–Crippen MR) is 104 cm³/mol. The van der Waals surface area contributed by atoms with E-state index in [1.807, 2.05) is 6.92 Å². The highest BCUT2D eigenvalue weighted by Crippen LogP contribution is 2.65. The third-order valence-corrected chi connectivity index (χ3v) is 7.54. The van der Waals surface area contributed by atoms with E-state index in [0.717, 1.165) is 0 Å². The number of carbonyl (C=O) groups is 2. The molecule has 29 heavy (non-hydrogen) atoms. The molecule has 152 valence electrons. The Hall–Kier alpha value is -2.15. The van der Waals surface area contributed by atoms with Gasteiger partial charge in [0.1, 0.15) is 12.3 Å². The molecule has 1 spiro atoms. The van der Waals surface area contributed by atoms with E-state index in [-0.39, 0.29) is 23.8 Å². The topological polar surface area (TPSA) is 101 Å². The number of halogens is 1. The second-order valence-corrected chi connectivity index (χ2v) is 9.12. The van der Waals surface area contributed by atoms with Crippen molar-refractivity contribution in [2.45, 2.75) is 43.2 Å². The van der Waals surface area contributed by atoms with Crippen LogP contribution in [0.25, 0.3) is 0 Å². The van der Waals surface area contributed by atoms with Crippen LogP contribution in [0.1, 0.15) is 25.3 Å². The molecule has 0 saturated carbocycles. The number of nitrogens with zero attached hydrogens (tertiary/aromatic N) is 2. The van der Waals surface area contributed by atoms with Gasteiger partial charge in [0, 0.05) is 23.0 Å². The zero-order valence-electron chi connectivity index (χ0n) is 16.0. The number of hydrogen-bond donors (Lipinski definition) is 1. The second-order valence-electron chi connectivity index (χ2n) is 8.26. The molecule has 4 aliphatic rings. The summed E-state index contributed by atoms with van der Waals surface area (Å²) in [6.45, 7) is 2.37. The lowest BCUT2D eigenvalue weighted by molar-refractivity contribution is -0.143. The fourth-order valence-corrected chi connectivity index (χ4v) is 6.29. The number of benzene rings is 1. The fraction of sp³-hybridized carbons (Fsp3) is 0.550. The number of alkyl carbamates (subject to hydrolysis) is 1. The van der Waals surface area contributed by atoms with Crippen LogP contribution in [-0.4, -0.2) is 49.2 Å². The largest absolute Gasteiger partial charge is 0.453 e. The molecule has 1 aromatic rings. The Labute approximate surface area is 176 Å². The summed E-state index contributed by atoms with van der Waals surface area (Å²) in [5.41, 5.74) is -0.167. The first kappa shape index (κ1) is 18.9. The van der Waals surface area contributed by atoms with Gasteiger partial charge in [-0.3, -0.25) is 9.69 Å². The Morgan fingerprint density at radius 1 is 1.48 bits per heavy atom. The lowest BCUT2D eigenvalue weighted by Crippen LogP contribution is -2.61. The molecule has 4 fully saturated rings. The van der Waals surface area contributed by atoms with E-state index in [4.69, 9.17) is 14.2 Å². The average molecular weight is 462 g/mol. The lowest BCUT2D eigenvalue weighted by atomic mass is 9.64. The van der Waals surface area contributed by atoms with Gasteiger partial charge in [-0.2, -0.15) is 5.26 Å². The highest BCUT2D eigenvalue weighted by atomic mass is 79.9. The maximum absolute atomic E-state index is 13.5. The highest BCUT2D eigenvalue weighted by Gasteiger charge is 2.78. The molecule has 0 aliphatic carbocycles. The molecule has 2 bridgehead atoms. The molecule has 0 unspecified atom stereocenters. The summed E-state index contributed by atoms with van der Waals surface area (Å²) in [6.07, 6.45) is 0.172. The molecule has 0 aromatic heterocycles. The average Bonchev–Trinajstić information content (AvgIpc) is 3.25. The van der Waals surface area contributed by atoms with Crippen LogP contribution in [0.3, 0.4) is 0 Å². The maximum Gasteiger partial charge on any atom is 0.407 e. The van der Waals surface area contributed by atoms with Crippen molar-refractivity contribution in [1.29, 1.82) is 5.26 Å². The number of nitriles is 1. The van der Waals surface area contributed by atoms with Gasteiger partial charge in [0.15, 0.2) is 0 Å². The number of carbonyl (C=O) groups excluding carboxylic acids is 2. The first-order chi connectivity index (χ1) is 13.8. The van der Waals surface area contributed by atoms with Gasteiger partial charge in [-0.15, -0.1) is 0 Å². The predicted octanol–water partition coefficient (Wildman–Crippen LogP) is 2.30. The third kappa shape index (κ3) is 2.37. The Kier molecular flexibility index (Phi) is 4.01. The van der Waals surface area contributed by atoms with Gasteiger partial charge >= 0.3 is 6.09 Å². The first-order valence-electron chi connectivity index (χ1n) is 9.53. The minimum Gasteiger partial charge on any atom is -0.453 e. The van der Waals surface area contributed by atoms with Crippen molar-refractivity contribution >= 4 is 33.6 Å². The van der Waals surface area contributed by atoms with Gasteiger partial charge in [0.25, 0.3) is 0 Å². The summed E-state index contributed by atoms with van der Waals surface area (Å²) in [5, 5.41) is 12.1. The van der Waals surface area contributed by atoms with Crippen LogP contribution in [0.15, 0.2) is 22.7 Å². The SMILES string of the molecule is COC(=O)N[C@@H]1C[C@@]2(C)O[C@@]13CCO[C@H]1[C@@H]3[C@@H]2C(=O)N1c1ccc(C#N)c(Br)c1. The summed E-state index contributed by atoms with van der Waals surface area (Å²) >= 11 is 3.41. The fourth-order valence-electron chi connectivity index (χ4n) is 5.84. The number of hydrogen-bond acceptors (Lipinski definition) is 6. The summed E-state index contributed by atoms with van der Waals surface area (Å²) < 4.78 is 18.0. The van der Waals surface area contributed by atoms with E-state index in [1.165, 1.54) is 7.11 Å². The van der Waals surface area contributed by atoms with Gasteiger partial charge in [-0.05, 0) is 41.1 Å². The van der Waals surface area contributed by atoms with Crippen LogP contribution in [0.4, 0.5) is 10.5 Å². The zero-order valence-corrected chi connectivity index (χ0v) is 17.6. The smallest absolute Gasteiger partial charge is 0.407 e. The first-order valence-corrected chi connectivity index (χ1v) is 10.3. The number of fused-ring (bicyclic) bond motifs is 2. The van der Waals surface area contributed by atoms with Crippen LogP contribution >= 0.6 is 15.9 Å². The van der Waals surface area contributed by atoms with Gasteiger partial charge in [0.05, 0.1) is 48.4 Å². The monoisotopic (exact) mass is 461 g/mol. The molecule has 5 rings (SSSR count). The van der Waals surface area contributed by atoms with E-state index in [1.54, 1.807) is 23.1 Å². The number of anilines is 1. The molecule has 2 amide bonds. The second kappa shape index (κ2) is 6.17. The van der Waals surface area contributed by atoms with Gasteiger partial charge in [0.2, 0.25) is 5.91 Å². The summed E-state index contributed by atoms with van der Waals surface area (Å²) in [4.78, 5) is 27.2.